The maximum absolute atomic E-state index is 13.6. The zero-order chi connectivity index (χ0) is 28.8. The lowest BCUT2D eigenvalue weighted by atomic mass is 9.82. The van der Waals surface area contributed by atoms with Crippen molar-refractivity contribution in [3.63, 3.8) is 0 Å². The number of benzene rings is 2. The Kier molecular flexibility index (Phi) is 8.05. The van der Waals surface area contributed by atoms with Gasteiger partial charge in [-0.25, -0.2) is 0 Å². The van der Waals surface area contributed by atoms with Gasteiger partial charge in [-0.2, -0.15) is 13.2 Å². The molecule has 0 fully saturated rings. The van der Waals surface area contributed by atoms with Crippen LogP contribution in [0.15, 0.2) is 42.5 Å². The summed E-state index contributed by atoms with van der Waals surface area (Å²) in [5.74, 6) is -0.395. The lowest BCUT2D eigenvalue weighted by molar-refractivity contribution is -0.137. The molecule has 0 saturated carbocycles. The third-order valence-corrected chi connectivity index (χ3v) is 7.01. The standard InChI is InChI=1S/C29H35F3IN3O2/c1-26(2,3)34-24(37)16-36-22-12-10-18(28(7,8)25(38)35-27(4,5)6)13-17(22)14-23(36)20-15-19(29(30,31)32)9-11-21(20)33/h9-15H,16H2,1-8H3,(H,34,37)(H,35,38). The highest BCUT2D eigenvalue weighted by atomic mass is 127. The Morgan fingerprint density at radius 3 is 1.95 bits per heavy atom. The summed E-state index contributed by atoms with van der Waals surface area (Å²) in [4.78, 5) is 26.0. The largest absolute Gasteiger partial charge is 0.416 e. The summed E-state index contributed by atoms with van der Waals surface area (Å²) in [6.07, 6.45) is -4.50. The monoisotopic (exact) mass is 641 g/mol. The minimum Gasteiger partial charge on any atom is -0.351 e. The maximum Gasteiger partial charge on any atom is 0.416 e. The van der Waals surface area contributed by atoms with Crippen LogP contribution < -0.4 is 10.6 Å². The Bertz CT molecular complexity index is 1380. The van der Waals surface area contributed by atoms with Gasteiger partial charge in [-0.15, -0.1) is 0 Å². The van der Waals surface area contributed by atoms with Gasteiger partial charge in [0.25, 0.3) is 0 Å². The number of aromatic nitrogens is 1. The third kappa shape index (κ3) is 6.90. The van der Waals surface area contributed by atoms with E-state index in [1.807, 2.05) is 96.2 Å². The number of halogens is 4. The Labute approximate surface area is 235 Å². The third-order valence-electron chi connectivity index (χ3n) is 6.06. The topological polar surface area (TPSA) is 63.1 Å². The van der Waals surface area contributed by atoms with Crippen molar-refractivity contribution >= 4 is 45.3 Å². The van der Waals surface area contributed by atoms with Crippen molar-refractivity contribution in [1.29, 1.82) is 0 Å². The summed E-state index contributed by atoms with van der Waals surface area (Å²) in [5.41, 5.74) is -0.179. The Morgan fingerprint density at radius 1 is 0.816 bits per heavy atom. The molecule has 0 aliphatic heterocycles. The number of alkyl halides is 3. The SMILES string of the molecule is CC(C)(C)NC(=O)Cn1c(-c2cc(C(F)(F)F)ccc2I)cc2cc(C(C)(C)C(=O)NC(C)(C)C)ccc21. The van der Waals surface area contributed by atoms with E-state index in [0.717, 1.165) is 23.1 Å². The first-order valence-electron chi connectivity index (χ1n) is 12.3. The van der Waals surface area contributed by atoms with Crippen LogP contribution >= 0.6 is 22.6 Å². The van der Waals surface area contributed by atoms with Crippen molar-refractivity contribution < 1.29 is 22.8 Å². The zero-order valence-electron chi connectivity index (χ0n) is 23.0. The fraction of sp³-hybridized carbons (Fsp3) is 0.448. The van der Waals surface area contributed by atoms with Gasteiger partial charge in [0, 0.05) is 31.1 Å². The molecule has 2 N–H and O–H groups in total. The summed E-state index contributed by atoms with van der Waals surface area (Å²) >= 11 is 2.01. The van der Waals surface area contributed by atoms with Gasteiger partial charge in [0.05, 0.1) is 16.7 Å². The van der Waals surface area contributed by atoms with Crippen LogP contribution in [-0.4, -0.2) is 27.5 Å². The van der Waals surface area contributed by atoms with Gasteiger partial charge in [0.1, 0.15) is 6.54 Å². The smallest absolute Gasteiger partial charge is 0.351 e. The van der Waals surface area contributed by atoms with Crippen LogP contribution in [0, 0.1) is 3.57 Å². The van der Waals surface area contributed by atoms with Gasteiger partial charge in [-0.1, -0.05) is 6.07 Å². The average molecular weight is 642 g/mol. The first-order chi connectivity index (χ1) is 17.2. The zero-order valence-corrected chi connectivity index (χ0v) is 25.2. The highest BCUT2D eigenvalue weighted by molar-refractivity contribution is 14.1. The minimum absolute atomic E-state index is 0.0737. The van der Waals surface area contributed by atoms with Gasteiger partial charge in [0.2, 0.25) is 11.8 Å². The Hall–Kier alpha value is -2.56. The number of amides is 2. The highest BCUT2D eigenvalue weighted by Gasteiger charge is 2.34. The second-order valence-corrected chi connectivity index (χ2v) is 13.4. The average Bonchev–Trinajstić information content (AvgIpc) is 3.07. The molecular formula is C29H35F3IN3O2. The van der Waals surface area contributed by atoms with E-state index in [1.165, 1.54) is 6.07 Å². The number of fused-ring (bicyclic) bond motifs is 1. The molecule has 9 heteroatoms. The number of nitrogens with zero attached hydrogens (tertiary/aromatic N) is 1. The minimum atomic E-state index is -4.50. The lowest BCUT2D eigenvalue weighted by Crippen LogP contribution is -2.48. The van der Waals surface area contributed by atoms with Gasteiger partial charge in [0.15, 0.2) is 0 Å². The second-order valence-electron chi connectivity index (χ2n) is 12.2. The van der Waals surface area contributed by atoms with Crippen LogP contribution in [-0.2, 0) is 27.7 Å². The van der Waals surface area contributed by atoms with Crippen LogP contribution in [0.25, 0.3) is 22.2 Å². The molecule has 0 spiro atoms. The molecule has 0 aliphatic carbocycles. The number of nitrogens with one attached hydrogen (secondary N) is 2. The van der Waals surface area contributed by atoms with Crippen molar-refractivity contribution in [2.45, 2.75) is 84.6 Å². The van der Waals surface area contributed by atoms with Crippen LogP contribution in [0.3, 0.4) is 0 Å². The molecule has 0 radical (unpaired) electrons. The van der Waals surface area contributed by atoms with Crippen molar-refractivity contribution in [2.24, 2.45) is 0 Å². The van der Waals surface area contributed by atoms with Crippen LogP contribution in [0.2, 0.25) is 0 Å². The molecule has 2 aromatic carbocycles. The van der Waals surface area contributed by atoms with E-state index in [2.05, 4.69) is 10.6 Å². The first-order valence-corrected chi connectivity index (χ1v) is 13.4. The number of hydrogen-bond donors (Lipinski definition) is 2. The molecule has 3 rings (SSSR count). The number of rotatable bonds is 5. The van der Waals surface area contributed by atoms with E-state index in [9.17, 15) is 22.8 Å². The van der Waals surface area contributed by atoms with Gasteiger partial charge in [-0.3, -0.25) is 9.59 Å². The molecular weight excluding hydrogens is 606 g/mol. The highest BCUT2D eigenvalue weighted by Crippen LogP contribution is 2.38. The summed E-state index contributed by atoms with van der Waals surface area (Å²) in [7, 11) is 0. The molecule has 0 aliphatic rings. The van der Waals surface area contributed by atoms with Crippen molar-refractivity contribution in [3.8, 4) is 11.3 Å². The van der Waals surface area contributed by atoms with E-state index >= 15 is 0 Å². The second kappa shape index (κ2) is 10.2. The van der Waals surface area contributed by atoms with E-state index in [-0.39, 0.29) is 18.4 Å². The molecule has 3 aromatic rings. The number of carbonyl (C=O) groups is 2. The molecule has 1 heterocycles. The van der Waals surface area contributed by atoms with Crippen molar-refractivity contribution in [1.82, 2.24) is 15.2 Å². The molecule has 2 amide bonds. The van der Waals surface area contributed by atoms with E-state index in [1.54, 1.807) is 10.6 Å². The van der Waals surface area contributed by atoms with Crippen LogP contribution in [0.5, 0.6) is 0 Å². The quantitative estimate of drug-likeness (QED) is 0.294. The molecule has 38 heavy (non-hydrogen) atoms. The summed E-state index contributed by atoms with van der Waals surface area (Å²) in [5, 5.41) is 6.68. The maximum atomic E-state index is 13.6. The van der Waals surface area contributed by atoms with Crippen molar-refractivity contribution in [3.05, 3.63) is 57.2 Å². The molecule has 0 saturated heterocycles. The van der Waals surface area contributed by atoms with Gasteiger partial charge < -0.3 is 15.2 Å². The molecule has 206 valence electrons. The van der Waals surface area contributed by atoms with E-state index in [0.29, 0.717) is 20.3 Å². The molecule has 5 nitrogen and oxygen atoms in total. The van der Waals surface area contributed by atoms with Gasteiger partial charge >= 0.3 is 6.18 Å². The molecule has 0 atom stereocenters. The number of hydrogen-bond acceptors (Lipinski definition) is 2. The number of carbonyl (C=O) groups excluding carboxylic acids is 2. The Balaban J connectivity index is 2.21. The normalized spacial score (nSPS) is 13.1. The predicted molar refractivity (Wildman–Crippen MR) is 154 cm³/mol. The van der Waals surface area contributed by atoms with E-state index in [4.69, 9.17) is 0 Å². The Morgan fingerprint density at radius 2 is 1.39 bits per heavy atom. The lowest BCUT2D eigenvalue weighted by Gasteiger charge is -2.30. The van der Waals surface area contributed by atoms with Crippen LogP contribution in [0.4, 0.5) is 13.2 Å². The summed E-state index contributed by atoms with van der Waals surface area (Å²) in [6.45, 7) is 14.9. The fourth-order valence-electron chi connectivity index (χ4n) is 4.18. The predicted octanol–water partition coefficient (Wildman–Crippen LogP) is 7.04. The first kappa shape index (κ1) is 30.0. The summed E-state index contributed by atoms with van der Waals surface area (Å²) < 4.78 is 43.1. The molecule has 0 unspecified atom stereocenters. The van der Waals surface area contributed by atoms with Gasteiger partial charge in [-0.05, 0) is 120 Å². The van der Waals surface area contributed by atoms with Crippen molar-refractivity contribution in [2.75, 3.05) is 0 Å². The molecule has 1 aromatic heterocycles. The fourth-order valence-corrected chi connectivity index (χ4v) is 4.79. The summed E-state index contributed by atoms with van der Waals surface area (Å²) in [6, 6.07) is 10.9. The van der Waals surface area contributed by atoms with E-state index < -0.39 is 28.2 Å². The molecule has 0 bridgehead atoms. The van der Waals surface area contributed by atoms with Crippen LogP contribution in [0.1, 0.15) is 66.5 Å².